The third kappa shape index (κ3) is 1.16. The minimum atomic E-state index is -0.124. The molecule has 0 aromatic heterocycles. The van der Waals surface area contributed by atoms with E-state index in [9.17, 15) is 4.79 Å². The van der Waals surface area contributed by atoms with E-state index in [4.69, 9.17) is 0 Å². The maximum absolute atomic E-state index is 11.1. The van der Waals surface area contributed by atoms with Crippen molar-refractivity contribution in [2.45, 2.75) is 19.4 Å². The van der Waals surface area contributed by atoms with Crippen LogP contribution in [-0.4, -0.2) is 26.0 Å². The summed E-state index contributed by atoms with van der Waals surface area (Å²) in [7, 11) is 0. The van der Waals surface area contributed by atoms with E-state index in [1.54, 1.807) is 0 Å². The maximum atomic E-state index is 11.1. The fourth-order valence-electron chi connectivity index (χ4n) is 0.824. The van der Waals surface area contributed by atoms with Crippen LogP contribution in [0.3, 0.4) is 0 Å². The predicted molar refractivity (Wildman–Crippen MR) is 45.9 cm³/mol. The molecule has 0 aromatic rings. The fraction of sp³-hybridized carbons (Fsp3) is 0.800. The van der Waals surface area contributed by atoms with E-state index in [-0.39, 0.29) is 11.6 Å². The number of rotatable bonds is 0. The molecule has 1 heterocycles. The Morgan fingerprint density at radius 3 is 2.10 bits per heavy atom. The lowest BCUT2D eigenvalue weighted by Crippen LogP contribution is -2.33. The third-order valence-electron chi connectivity index (χ3n) is 1.43. The molecule has 5 heteroatoms. The van der Waals surface area contributed by atoms with Gasteiger partial charge in [-0.25, -0.2) is 4.79 Å². The number of carbonyl (C=O) groups excluding carboxylic acids is 1. The smallest absolute Gasteiger partial charge is 0.257 e. The van der Waals surface area contributed by atoms with Crippen molar-refractivity contribution in [1.29, 1.82) is 0 Å². The van der Waals surface area contributed by atoms with Crippen LogP contribution in [0.25, 0.3) is 0 Å². The summed E-state index contributed by atoms with van der Waals surface area (Å²) in [5.41, 5.74) is -0.124. The van der Waals surface area contributed by atoms with Gasteiger partial charge in [-0.2, -0.15) is 0 Å². The van der Waals surface area contributed by atoms with E-state index >= 15 is 0 Å². The first-order valence-corrected chi connectivity index (χ1v) is 4.30. The summed E-state index contributed by atoms with van der Waals surface area (Å²) in [6.45, 7) is 4.67. The molecule has 1 rings (SSSR count). The predicted octanol–water partition coefficient (Wildman–Crippen LogP) is 2.12. The Kier molecular flexibility index (Phi) is 1.98. The van der Waals surface area contributed by atoms with Gasteiger partial charge in [-0.1, -0.05) is 0 Å². The van der Waals surface area contributed by atoms with Gasteiger partial charge in [-0.15, -0.1) is 0 Å². The lowest BCUT2D eigenvalue weighted by atomic mass is 10.1. The Hall–Kier alpha value is 0.230. The highest BCUT2D eigenvalue weighted by Crippen LogP contribution is 2.30. The molecule has 1 aliphatic rings. The first kappa shape index (κ1) is 8.33. The van der Waals surface area contributed by atoms with Crippen LogP contribution >= 0.6 is 32.3 Å². The summed E-state index contributed by atoms with van der Waals surface area (Å²) < 4.78 is 3.04. The molecule has 0 spiro atoms. The number of halogens is 2. The Labute approximate surface area is 77.0 Å². The second kappa shape index (κ2) is 2.37. The van der Waals surface area contributed by atoms with E-state index in [0.29, 0.717) is 6.54 Å². The Morgan fingerprint density at radius 2 is 2.00 bits per heavy atom. The van der Waals surface area contributed by atoms with Crippen molar-refractivity contribution in [2.24, 2.45) is 0 Å². The molecule has 0 radical (unpaired) electrons. The van der Waals surface area contributed by atoms with Crippen LogP contribution in [0.15, 0.2) is 0 Å². The Morgan fingerprint density at radius 1 is 1.50 bits per heavy atom. The highest BCUT2D eigenvalue weighted by Gasteiger charge is 2.41. The molecule has 0 unspecified atom stereocenters. The van der Waals surface area contributed by atoms with E-state index in [2.05, 4.69) is 32.3 Å². The minimum absolute atomic E-state index is 0.0509. The number of carbonyl (C=O) groups is 1. The summed E-state index contributed by atoms with van der Waals surface area (Å²) in [6, 6.07) is -0.0509. The molecule has 3 nitrogen and oxygen atoms in total. The monoisotopic (exact) mass is 270 g/mol. The number of nitrogens with zero attached hydrogens (tertiary/aromatic N) is 2. The average Bonchev–Trinajstić information content (AvgIpc) is 1.95. The van der Waals surface area contributed by atoms with Gasteiger partial charge in [0, 0.05) is 0 Å². The molecule has 2 amide bonds. The zero-order valence-electron chi connectivity index (χ0n) is 5.77. The van der Waals surface area contributed by atoms with E-state index in [1.807, 2.05) is 13.8 Å². The summed E-state index contributed by atoms with van der Waals surface area (Å²) in [4.78, 5) is 11.1. The normalized spacial score (nSPS) is 24.2. The van der Waals surface area contributed by atoms with Crippen molar-refractivity contribution in [3.63, 3.8) is 0 Å². The molecule has 0 aromatic carbocycles. The number of hydrogen-bond acceptors (Lipinski definition) is 1. The van der Waals surface area contributed by atoms with Crippen molar-refractivity contribution in [3.05, 3.63) is 0 Å². The van der Waals surface area contributed by atoms with E-state index < -0.39 is 0 Å². The number of amides is 2. The number of urea groups is 1. The maximum Gasteiger partial charge on any atom is 0.340 e. The first-order chi connectivity index (χ1) is 4.45. The second-order valence-corrected chi connectivity index (χ2v) is 4.46. The van der Waals surface area contributed by atoms with Crippen molar-refractivity contribution >= 4 is 38.3 Å². The van der Waals surface area contributed by atoms with E-state index in [1.165, 1.54) is 7.85 Å². The van der Waals surface area contributed by atoms with Crippen molar-refractivity contribution in [1.82, 2.24) is 7.85 Å². The molecule has 0 aliphatic carbocycles. The van der Waals surface area contributed by atoms with Crippen molar-refractivity contribution < 1.29 is 4.79 Å². The fourth-order valence-corrected chi connectivity index (χ4v) is 2.11. The van der Waals surface area contributed by atoms with Gasteiger partial charge in [0.2, 0.25) is 0 Å². The lowest BCUT2D eigenvalue weighted by molar-refractivity contribution is 0.223. The molecule has 0 N–H and O–H groups in total. The zero-order chi connectivity index (χ0) is 7.94. The van der Waals surface area contributed by atoms with Gasteiger partial charge in [0.1, 0.15) is 0 Å². The van der Waals surface area contributed by atoms with Crippen molar-refractivity contribution in [2.75, 3.05) is 6.54 Å². The summed E-state index contributed by atoms with van der Waals surface area (Å²) in [5.74, 6) is 0. The van der Waals surface area contributed by atoms with Gasteiger partial charge in [0.05, 0.1) is 44.4 Å². The molecule has 0 saturated carbocycles. The van der Waals surface area contributed by atoms with Gasteiger partial charge in [0.15, 0.2) is 0 Å². The van der Waals surface area contributed by atoms with Crippen LogP contribution in [0.5, 0.6) is 0 Å². The van der Waals surface area contributed by atoms with Gasteiger partial charge in [-0.3, -0.25) is 7.85 Å². The largest absolute Gasteiger partial charge is 0.340 e. The quantitative estimate of drug-likeness (QED) is 0.619. The highest BCUT2D eigenvalue weighted by atomic mass is 79.9. The Bertz CT molecular complexity index is 171. The first-order valence-electron chi connectivity index (χ1n) is 2.88. The zero-order valence-corrected chi connectivity index (χ0v) is 8.94. The van der Waals surface area contributed by atoms with Gasteiger partial charge < -0.3 is 0 Å². The average molecular weight is 272 g/mol. The molecule has 58 valence electrons. The standard InChI is InChI=1S/C5H8Br2N2O/c1-5(2)3-8(6)4(10)9(5)7/h3H2,1-2H3. The van der Waals surface area contributed by atoms with Gasteiger partial charge >= 0.3 is 6.03 Å². The minimum Gasteiger partial charge on any atom is -0.257 e. The van der Waals surface area contributed by atoms with Crippen LogP contribution in [-0.2, 0) is 0 Å². The second-order valence-electron chi connectivity index (χ2n) is 2.90. The highest BCUT2D eigenvalue weighted by molar-refractivity contribution is 9.08. The molecule has 0 bridgehead atoms. The summed E-state index contributed by atoms with van der Waals surface area (Å²) in [6.07, 6.45) is 0. The molecule has 10 heavy (non-hydrogen) atoms. The van der Waals surface area contributed by atoms with Gasteiger partial charge in [0.25, 0.3) is 0 Å². The van der Waals surface area contributed by atoms with Crippen LogP contribution in [0.2, 0.25) is 0 Å². The molecule has 1 fully saturated rings. The molecule has 1 aliphatic heterocycles. The Balaban J connectivity index is 2.81. The molecule has 1 saturated heterocycles. The topological polar surface area (TPSA) is 23.6 Å². The molecular weight excluding hydrogens is 264 g/mol. The van der Waals surface area contributed by atoms with Crippen LogP contribution < -0.4 is 0 Å². The van der Waals surface area contributed by atoms with Crippen LogP contribution in [0.1, 0.15) is 13.8 Å². The summed E-state index contributed by atoms with van der Waals surface area (Å²) >= 11 is 6.31. The SMILES string of the molecule is CC1(C)CN(Br)C(=O)N1Br. The molecule has 0 atom stereocenters. The molecular formula is C5H8Br2N2O. The van der Waals surface area contributed by atoms with Gasteiger partial charge in [-0.05, 0) is 13.8 Å². The third-order valence-corrected chi connectivity index (χ3v) is 3.25. The van der Waals surface area contributed by atoms with E-state index in [0.717, 1.165) is 0 Å². The van der Waals surface area contributed by atoms with Crippen LogP contribution in [0.4, 0.5) is 4.79 Å². The van der Waals surface area contributed by atoms with Crippen molar-refractivity contribution in [3.8, 4) is 0 Å². The van der Waals surface area contributed by atoms with Crippen LogP contribution in [0, 0.1) is 0 Å². The number of hydrogen-bond donors (Lipinski definition) is 0. The summed E-state index contributed by atoms with van der Waals surface area (Å²) in [5, 5.41) is 0. The lowest BCUT2D eigenvalue weighted by Gasteiger charge is -2.21.